The summed E-state index contributed by atoms with van der Waals surface area (Å²) in [6.45, 7) is 0.461. The Morgan fingerprint density at radius 2 is 2.08 bits per heavy atom. The number of urea groups is 1. The van der Waals surface area contributed by atoms with Crippen molar-refractivity contribution in [3.63, 3.8) is 0 Å². The quantitative estimate of drug-likeness (QED) is 0.757. The molecule has 2 aliphatic rings. The number of nitrogens with zero attached hydrogens (tertiary/aromatic N) is 1. The third-order valence-corrected chi connectivity index (χ3v) is 5.18. The number of hydrogen-bond donors (Lipinski definition) is 3. The van der Waals surface area contributed by atoms with Gasteiger partial charge in [0.25, 0.3) is 0 Å². The number of piperidine rings is 1. The van der Waals surface area contributed by atoms with E-state index in [2.05, 4.69) is 5.32 Å². The number of amides is 2. The highest BCUT2D eigenvalue weighted by atomic mass is 19.1. The fourth-order valence-electron chi connectivity index (χ4n) is 3.52. The molecule has 1 heterocycles. The van der Waals surface area contributed by atoms with Crippen LogP contribution in [0.3, 0.4) is 0 Å². The van der Waals surface area contributed by atoms with Crippen LogP contribution in [0.1, 0.15) is 31.2 Å². The van der Waals surface area contributed by atoms with Gasteiger partial charge in [0.15, 0.2) is 0 Å². The molecule has 2 atom stereocenters. The predicted molar refractivity (Wildman–Crippen MR) is 88.2 cm³/mol. The molecular weight excluding hydrogens is 327 g/mol. The standard InChI is InChI=1S/C18H23FN2O4/c19-14-3-1-2-13(8-14)10-20-17(25)21-7-6-15(22)18(11-21,16(23)24)9-12-4-5-12/h1-3,8,12,15,22H,4-7,9-11H2,(H,20,25)(H,23,24)/t15-,18+/m0/s1. The van der Waals surface area contributed by atoms with Crippen molar-refractivity contribution in [3.8, 4) is 0 Å². The van der Waals surface area contributed by atoms with Crippen LogP contribution in [0, 0.1) is 17.2 Å². The van der Waals surface area contributed by atoms with Crippen molar-refractivity contribution in [2.45, 2.75) is 38.3 Å². The molecule has 1 saturated carbocycles. The summed E-state index contributed by atoms with van der Waals surface area (Å²) < 4.78 is 13.2. The molecule has 7 heteroatoms. The van der Waals surface area contributed by atoms with Crippen LogP contribution in [0.25, 0.3) is 0 Å². The summed E-state index contributed by atoms with van der Waals surface area (Å²) in [7, 11) is 0. The van der Waals surface area contributed by atoms with Crippen molar-refractivity contribution in [2.24, 2.45) is 11.3 Å². The lowest BCUT2D eigenvalue weighted by molar-refractivity contribution is -0.163. The van der Waals surface area contributed by atoms with E-state index in [0.717, 1.165) is 12.8 Å². The number of benzene rings is 1. The minimum Gasteiger partial charge on any atom is -0.481 e. The molecule has 2 fully saturated rings. The van der Waals surface area contributed by atoms with Crippen molar-refractivity contribution in [1.82, 2.24) is 10.2 Å². The Balaban J connectivity index is 1.65. The Hall–Kier alpha value is -2.15. The summed E-state index contributed by atoms with van der Waals surface area (Å²) in [4.78, 5) is 25.7. The number of halogens is 1. The van der Waals surface area contributed by atoms with E-state index in [1.807, 2.05) is 0 Å². The lowest BCUT2D eigenvalue weighted by atomic mass is 9.73. The summed E-state index contributed by atoms with van der Waals surface area (Å²) in [5, 5.41) is 22.7. The molecule has 0 spiro atoms. The average Bonchev–Trinajstić information content (AvgIpc) is 3.38. The van der Waals surface area contributed by atoms with Gasteiger partial charge in [-0.25, -0.2) is 9.18 Å². The van der Waals surface area contributed by atoms with Gasteiger partial charge in [-0.05, 0) is 36.5 Å². The number of carbonyl (C=O) groups excluding carboxylic acids is 1. The van der Waals surface area contributed by atoms with Crippen molar-refractivity contribution < 1.29 is 24.2 Å². The van der Waals surface area contributed by atoms with Gasteiger partial charge in [-0.15, -0.1) is 0 Å². The number of carboxylic acid groups (broad SMARTS) is 1. The van der Waals surface area contributed by atoms with Crippen molar-refractivity contribution in [1.29, 1.82) is 0 Å². The monoisotopic (exact) mass is 350 g/mol. The van der Waals surface area contributed by atoms with Crippen LogP contribution >= 0.6 is 0 Å². The van der Waals surface area contributed by atoms with E-state index in [0.29, 0.717) is 24.4 Å². The van der Waals surface area contributed by atoms with Gasteiger partial charge in [-0.1, -0.05) is 25.0 Å². The molecule has 2 amide bonds. The van der Waals surface area contributed by atoms with Crippen LogP contribution in [0.4, 0.5) is 9.18 Å². The fraction of sp³-hybridized carbons (Fsp3) is 0.556. The SMILES string of the molecule is O=C(NCc1cccc(F)c1)N1CC[C@H](O)[C@](CC2CC2)(C(=O)O)C1. The summed E-state index contributed by atoms with van der Waals surface area (Å²) in [6.07, 6.45) is 1.66. The van der Waals surface area contributed by atoms with Crippen molar-refractivity contribution in [2.75, 3.05) is 13.1 Å². The molecular formula is C18H23FN2O4. The molecule has 0 radical (unpaired) electrons. The Labute approximate surface area is 145 Å². The van der Waals surface area contributed by atoms with E-state index in [4.69, 9.17) is 0 Å². The highest BCUT2D eigenvalue weighted by Crippen LogP contribution is 2.45. The first-order valence-corrected chi connectivity index (χ1v) is 8.59. The van der Waals surface area contributed by atoms with Gasteiger partial charge in [-0.3, -0.25) is 4.79 Å². The molecule has 0 aromatic heterocycles. The molecule has 1 aromatic carbocycles. The van der Waals surface area contributed by atoms with Gasteiger partial charge < -0.3 is 20.4 Å². The minimum atomic E-state index is -1.30. The zero-order valence-corrected chi connectivity index (χ0v) is 13.9. The molecule has 1 aromatic rings. The third-order valence-electron chi connectivity index (χ3n) is 5.18. The zero-order chi connectivity index (χ0) is 18.0. The number of aliphatic hydroxyl groups is 1. The number of likely N-dealkylation sites (tertiary alicyclic amines) is 1. The summed E-state index contributed by atoms with van der Waals surface area (Å²) in [5.41, 5.74) is -0.664. The molecule has 1 aliphatic carbocycles. The van der Waals surface area contributed by atoms with Gasteiger partial charge in [0.05, 0.1) is 6.10 Å². The average molecular weight is 350 g/mol. The number of carbonyl (C=O) groups is 2. The predicted octanol–water partition coefficient (Wildman–Crippen LogP) is 1.97. The Morgan fingerprint density at radius 3 is 2.72 bits per heavy atom. The molecule has 25 heavy (non-hydrogen) atoms. The smallest absolute Gasteiger partial charge is 0.317 e. The van der Waals surface area contributed by atoms with E-state index >= 15 is 0 Å². The van der Waals surface area contributed by atoms with Crippen LogP contribution in [-0.2, 0) is 11.3 Å². The second-order valence-corrected chi connectivity index (χ2v) is 7.12. The Bertz CT molecular complexity index is 664. The first kappa shape index (κ1) is 17.7. The third kappa shape index (κ3) is 3.92. The number of rotatable bonds is 5. The Morgan fingerprint density at radius 1 is 1.32 bits per heavy atom. The minimum absolute atomic E-state index is 0.00498. The van der Waals surface area contributed by atoms with Gasteiger partial charge >= 0.3 is 12.0 Å². The summed E-state index contributed by atoms with van der Waals surface area (Å²) in [5.74, 6) is -1.10. The van der Waals surface area contributed by atoms with E-state index in [1.165, 1.54) is 17.0 Å². The van der Waals surface area contributed by atoms with Crippen LogP contribution in [0.15, 0.2) is 24.3 Å². The molecule has 1 saturated heterocycles. The topological polar surface area (TPSA) is 89.9 Å². The van der Waals surface area contributed by atoms with Crippen LogP contribution in [-0.4, -0.2) is 46.3 Å². The largest absolute Gasteiger partial charge is 0.481 e. The van der Waals surface area contributed by atoms with Crippen molar-refractivity contribution in [3.05, 3.63) is 35.6 Å². The first-order chi connectivity index (χ1) is 11.9. The lowest BCUT2D eigenvalue weighted by Gasteiger charge is -2.43. The highest BCUT2D eigenvalue weighted by Gasteiger charge is 2.52. The second-order valence-electron chi connectivity index (χ2n) is 7.12. The maximum absolute atomic E-state index is 13.2. The molecule has 0 unspecified atom stereocenters. The second kappa shape index (κ2) is 7.00. The first-order valence-electron chi connectivity index (χ1n) is 8.59. The maximum Gasteiger partial charge on any atom is 0.317 e. The maximum atomic E-state index is 13.2. The lowest BCUT2D eigenvalue weighted by Crippen LogP contribution is -2.59. The van der Waals surface area contributed by atoms with E-state index < -0.39 is 23.5 Å². The van der Waals surface area contributed by atoms with Crippen molar-refractivity contribution >= 4 is 12.0 Å². The number of aliphatic hydroxyl groups excluding tert-OH is 1. The summed E-state index contributed by atoms with van der Waals surface area (Å²) in [6, 6.07) is 5.56. The molecule has 1 aliphatic heterocycles. The normalized spacial score (nSPS) is 26.3. The Kier molecular flexibility index (Phi) is 4.94. The molecule has 3 N–H and O–H groups in total. The van der Waals surface area contributed by atoms with Gasteiger partial charge in [-0.2, -0.15) is 0 Å². The number of hydrogen-bond acceptors (Lipinski definition) is 3. The van der Waals surface area contributed by atoms with Crippen LogP contribution in [0.2, 0.25) is 0 Å². The van der Waals surface area contributed by atoms with E-state index in [-0.39, 0.29) is 25.3 Å². The van der Waals surface area contributed by atoms with E-state index in [9.17, 15) is 24.2 Å². The summed E-state index contributed by atoms with van der Waals surface area (Å²) >= 11 is 0. The fourth-order valence-corrected chi connectivity index (χ4v) is 3.52. The van der Waals surface area contributed by atoms with Gasteiger partial charge in [0, 0.05) is 19.6 Å². The van der Waals surface area contributed by atoms with E-state index in [1.54, 1.807) is 12.1 Å². The molecule has 6 nitrogen and oxygen atoms in total. The molecule has 136 valence electrons. The number of nitrogens with one attached hydrogen (secondary N) is 1. The molecule has 3 rings (SSSR count). The number of carboxylic acids is 1. The van der Waals surface area contributed by atoms with Gasteiger partial charge in [0.2, 0.25) is 0 Å². The van der Waals surface area contributed by atoms with Crippen LogP contribution < -0.4 is 5.32 Å². The highest BCUT2D eigenvalue weighted by molar-refractivity contribution is 5.79. The van der Waals surface area contributed by atoms with Gasteiger partial charge in [0.1, 0.15) is 11.2 Å². The number of aliphatic carboxylic acids is 1. The zero-order valence-electron chi connectivity index (χ0n) is 13.9. The molecule has 0 bridgehead atoms. The van der Waals surface area contributed by atoms with Crippen LogP contribution in [0.5, 0.6) is 0 Å².